The van der Waals surface area contributed by atoms with Gasteiger partial charge in [0.1, 0.15) is 5.75 Å². The quantitative estimate of drug-likeness (QED) is 0.757. The van der Waals surface area contributed by atoms with Crippen molar-refractivity contribution in [3.63, 3.8) is 0 Å². The van der Waals surface area contributed by atoms with E-state index in [9.17, 15) is 4.79 Å². The number of anilines is 1. The summed E-state index contributed by atoms with van der Waals surface area (Å²) >= 11 is 1.52. The van der Waals surface area contributed by atoms with Crippen molar-refractivity contribution in [1.82, 2.24) is 0 Å². The van der Waals surface area contributed by atoms with Gasteiger partial charge in [0.25, 0.3) is 0 Å². The molecule has 1 amide bonds. The highest BCUT2D eigenvalue weighted by atomic mass is 32.2. The van der Waals surface area contributed by atoms with Crippen molar-refractivity contribution < 1.29 is 9.53 Å². The molecule has 0 atom stereocenters. The van der Waals surface area contributed by atoms with Crippen LogP contribution in [-0.2, 0) is 4.79 Å². The summed E-state index contributed by atoms with van der Waals surface area (Å²) in [5.41, 5.74) is 7.15. The van der Waals surface area contributed by atoms with Crippen LogP contribution in [-0.4, -0.2) is 31.1 Å². The van der Waals surface area contributed by atoms with Gasteiger partial charge in [-0.1, -0.05) is 6.07 Å². The van der Waals surface area contributed by atoms with Crippen LogP contribution in [0.25, 0.3) is 0 Å². The van der Waals surface area contributed by atoms with E-state index in [0.717, 1.165) is 11.3 Å². The SMILES string of the molecule is COc1ccc(C)cc1NC(=O)CSCCN. The Kier molecular flexibility index (Phi) is 5.86. The summed E-state index contributed by atoms with van der Waals surface area (Å²) in [5, 5.41) is 2.84. The Labute approximate surface area is 106 Å². The van der Waals surface area contributed by atoms with Gasteiger partial charge in [-0.2, -0.15) is 11.8 Å². The van der Waals surface area contributed by atoms with Gasteiger partial charge in [0.05, 0.1) is 18.6 Å². The molecule has 0 aliphatic heterocycles. The molecule has 0 aromatic heterocycles. The van der Waals surface area contributed by atoms with E-state index in [2.05, 4.69) is 5.32 Å². The number of aryl methyl sites for hydroxylation is 1. The van der Waals surface area contributed by atoms with Crippen LogP contribution in [0.4, 0.5) is 5.69 Å². The summed E-state index contributed by atoms with van der Waals surface area (Å²) in [7, 11) is 1.59. The Balaban J connectivity index is 2.60. The van der Waals surface area contributed by atoms with E-state index < -0.39 is 0 Å². The van der Waals surface area contributed by atoms with Crippen molar-refractivity contribution in [1.29, 1.82) is 0 Å². The molecule has 1 aromatic carbocycles. The summed E-state index contributed by atoms with van der Waals surface area (Å²) < 4.78 is 5.19. The van der Waals surface area contributed by atoms with E-state index in [4.69, 9.17) is 10.5 Å². The largest absolute Gasteiger partial charge is 0.495 e. The number of amides is 1. The summed E-state index contributed by atoms with van der Waals surface area (Å²) in [4.78, 5) is 11.6. The van der Waals surface area contributed by atoms with E-state index >= 15 is 0 Å². The van der Waals surface area contributed by atoms with Crippen molar-refractivity contribution in [3.05, 3.63) is 23.8 Å². The van der Waals surface area contributed by atoms with Gasteiger partial charge in [-0.25, -0.2) is 0 Å². The van der Waals surface area contributed by atoms with Gasteiger partial charge in [0, 0.05) is 12.3 Å². The first-order valence-corrected chi connectivity index (χ1v) is 6.55. The van der Waals surface area contributed by atoms with Crippen molar-refractivity contribution in [3.8, 4) is 5.75 Å². The number of ether oxygens (including phenoxy) is 1. The lowest BCUT2D eigenvalue weighted by Gasteiger charge is -2.10. The van der Waals surface area contributed by atoms with Gasteiger partial charge < -0.3 is 15.8 Å². The minimum atomic E-state index is -0.0349. The number of thioether (sulfide) groups is 1. The van der Waals surface area contributed by atoms with Crippen LogP contribution in [0, 0.1) is 6.92 Å². The Morgan fingerprint density at radius 3 is 2.94 bits per heavy atom. The molecule has 0 unspecified atom stereocenters. The number of methoxy groups -OCH3 is 1. The standard InChI is InChI=1S/C12H18N2O2S/c1-9-3-4-11(16-2)10(7-9)14-12(15)8-17-6-5-13/h3-4,7H,5-6,8,13H2,1-2H3,(H,14,15). The summed E-state index contributed by atoms with van der Waals surface area (Å²) in [6, 6.07) is 5.68. The van der Waals surface area contributed by atoms with E-state index in [1.165, 1.54) is 11.8 Å². The first-order chi connectivity index (χ1) is 8.17. The van der Waals surface area contributed by atoms with Crippen molar-refractivity contribution >= 4 is 23.4 Å². The number of carbonyl (C=O) groups excluding carboxylic acids is 1. The maximum Gasteiger partial charge on any atom is 0.234 e. The number of nitrogens with one attached hydrogen (secondary N) is 1. The third-order valence-electron chi connectivity index (χ3n) is 2.12. The molecule has 4 nitrogen and oxygen atoms in total. The predicted molar refractivity (Wildman–Crippen MR) is 72.7 cm³/mol. The van der Waals surface area contributed by atoms with E-state index in [1.54, 1.807) is 7.11 Å². The molecule has 3 N–H and O–H groups in total. The van der Waals surface area contributed by atoms with E-state index in [0.29, 0.717) is 23.7 Å². The smallest absolute Gasteiger partial charge is 0.234 e. The first-order valence-electron chi connectivity index (χ1n) is 5.39. The molecular weight excluding hydrogens is 236 g/mol. The highest BCUT2D eigenvalue weighted by Crippen LogP contribution is 2.25. The van der Waals surface area contributed by atoms with Crippen molar-refractivity contribution in [2.45, 2.75) is 6.92 Å². The number of rotatable bonds is 6. The van der Waals surface area contributed by atoms with Crippen molar-refractivity contribution in [2.24, 2.45) is 5.73 Å². The number of hydrogen-bond acceptors (Lipinski definition) is 4. The minimum Gasteiger partial charge on any atom is -0.495 e. The zero-order chi connectivity index (χ0) is 12.7. The molecular formula is C12H18N2O2S. The van der Waals surface area contributed by atoms with Gasteiger partial charge >= 0.3 is 0 Å². The van der Waals surface area contributed by atoms with Crippen LogP contribution in [0.2, 0.25) is 0 Å². The molecule has 0 aliphatic carbocycles. The molecule has 0 saturated heterocycles. The first kappa shape index (κ1) is 13.9. The third kappa shape index (κ3) is 4.66. The zero-order valence-electron chi connectivity index (χ0n) is 10.2. The minimum absolute atomic E-state index is 0.0349. The Bertz CT molecular complexity index is 383. The van der Waals surface area contributed by atoms with Gasteiger partial charge in [-0.05, 0) is 24.6 Å². The molecule has 0 heterocycles. The molecule has 0 spiro atoms. The van der Waals surface area contributed by atoms with Crippen LogP contribution >= 0.6 is 11.8 Å². The fourth-order valence-electron chi connectivity index (χ4n) is 1.35. The van der Waals surface area contributed by atoms with Crippen LogP contribution in [0.15, 0.2) is 18.2 Å². The number of hydrogen-bond donors (Lipinski definition) is 2. The average Bonchev–Trinajstić information content (AvgIpc) is 2.29. The summed E-state index contributed by atoms with van der Waals surface area (Å²) in [5.74, 6) is 1.84. The van der Waals surface area contributed by atoms with Crippen LogP contribution in [0.5, 0.6) is 5.75 Å². The Morgan fingerprint density at radius 1 is 1.53 bits per heavy atom. The Morgan fingerprint density at radius 2 is 2.29 bits per heavy atom. The van der Waals surface area contributed by atoms with E-state index in [-0.39, 0.29) is 5.91 Å². The van der Waals surface area contributed by atoms with Crippen LogP contribution in [0.3, 0.4) is 0 Å². The lowest BCUT2D eigenvalue weighted by atomic mass is 10.2. The predicted octanol–water partition coefficient (Wildman–Crippen LogP) is 1.63. The van der Waals surface area contributed by atoms with Crippen LogP contribution in [0.1, 0.15) is 5.56 Å². The summed E-state index contributed by atoms with van der Waals surface area (Å²) in [6.07, 6.45) is 0. The van der Waals surface area contributed by atoms with Crippen LogP contribution < -0.4 is 15.8 Å². The number of benzene rings is 1. The zero-order valence-corrected chi connectivity index (χ0v) is 11.0. The highest BCUT2D eigenvalue weighted by molar-refractivity contribution is 7.99. The second-order valence-electron chi connectivity index (χ2n) is 3.59. The Hall–Kier alpha value is -1.20. The van der Waals surface area contributed by atoms with Gasteiger partial charge in [-0.15, -0.1) is 0 Å². The monoisotopic (exact) mass is 254 g/mol. The number of nitrogens with two attached hydrogens (primary N) is 1. The number of carbonyl (C=O) groups is 1. The highest BCUT2D eigenvalue weighted by Gasteiger charge is 2.07. The third-order valence-corrected chi connectivity index (χ3v) is 3.12. The molecule has 1 rings (SSSR count). The van der Waals surface area contributed by atoms with Gasteiger partial charge in [0.2, 0.25) is 5.91 Å². The molecule has 0 saturated carbocycles. The molecule has 94 valence electrons. The normalized spacial score (nSPS) is 10.1. The molecule has 1 aromatic rings. The molecule has 5 heteroatoms. The molecule has 0 aliphatic rings. The molecule has 0 fully saturated rings. The lowest BCUT2D eigenvalue weighted by molar-refractivity contribution is -0.113. The fourth-order valence-corrected chi connectivity index (χ4v) is 1.92. The van der Waals surface area contributed by atoms with Gasteiger partial charge in [0.15, 0.2) is 0 Å². The fraction of sp³-hybridized carbons (Fsp3) is 0.417. The molecule has 0 bridgehead atoms. The topological polar surface area (TPSA) is 64.3 Å². The molecule has 0 radical (unpaired) electrons. The maximum absolute atomic E-state index is 11.6. The molecule has 17 heavy (non-hydrogen) atoms. The maximum atomic E-state index is 11.6. The summed E-state index contributed by atoms with van der Waals surface area (Å²) in [6.45, 7) is 2.56. The lowest BCUT2D eigenvalue weighted by Crippen LogP contribution is -2.16. The second kappa shape index (κ2) is 7.19. The van der Waals surface area contributed by atoms with E-state index in [1.807, 2.05) is 25.1 Å². The van der Waals surface area contributed by atoms with Crippen molar-refractivity contribution in [2.75, 3.05) is 30.5 Å². The average molecular weight is 254 g/mol. The second-order valence-corrected chi connectivity index (χ2v) is 4.70. The van der Waals surface area contributed by atoms with Gasteiger partial charge in [-0.3, -0.25) is 4.79 Å².